The molecule has 1 fully saturated rings. The van der Waals surface area contributed by atoms with Gasteiger partial charge in [-0.05, 0) is 38.3 Å². The molecule has 0 amide bonds. The zero-order valence-corrected chi connectivity index (χ0v) is 8.89. The summed E-state index contributed by atoms with van der Waals surface area (Å²) in [5.74, 6) is 0.741. The van der Waals surface area contributed by atoms with Crippen molar-refractivity contribution in [3.63, 3.8) is 0 Å². The Morgan fingerprint density at radius 1 is 1.31 bits per heavy atom. The quantitative estimate of drug-likeness (QED) is 0.640. The summed E-state index contributed by atoms with van der Waals surface area (Å²) in [6, 6.07) is 0.461. The van der Waals surface area contributed by atoms with Gasteiger partial charge in [0.05, 0.1) is 0 Å². The molecule has 0 aromatic rings. The van der Waals surface area contributed by atoms with Gasteiger partial charge in [0.25, 0.3) is 0 Å². The smallest absolute Gasteiger partial charge is 0.00792 e. The van der Waals surface area contributed by atoms with Crippen molar-refractivity contribution in [3.05, 3.63) is 0 Å². The van der Waals surface area contributed by atoms with E-state index in [0.29, 0.717) is 6.04 Å². The first-order chi connectivity index (χ1) is 6.34. The normalized spacial score (nSPS) is 29.1. The number of unbranched alkanes of at least 4 members (excludes halogenated alkanes) is 1. The topological polar surface area (TPSA) is 38.0 Å². The molecule has 0 aromatic carbocycles. The molecule has 2 atom stereocenters. The lowest BCUT2D eigenvalue weighted by Crippen LogP contribution is -2.39. The summed E-state index contributed by atoms with van der Waals surface area (Å²) in [7, 11) is 0. The predicted molar refractivity (Wildman–Crippen MR) is 57.7 cm³/mol. The van der Waals surface area contributed by atoms with Gasteiger partial charge in [0.1, 0.15) is 0 Å². The predicted octanol–water partition coefficient (Wildman–Crippen LogP) is 1.89. The zero-order valence-electron chi connectivity index (χ0n) is 8.89. The molecule has 2 heteroatoms. The molecule has 0 bridgehead atoms. The van der Waals surface area contributed by atoms with Crippen molar-refractivity contribution < 1.29 is 0 Å². The molecule has 0 aliphatic heterocycles. The fourth-order valence-electron chi connectivity index (χ4n) is 2.08. The van der Waals surface area contributed by atoms with E-state index in [2.05, 4.69) is 12.2 Å². The number of hydrogen-bond donors (Lipinski definition) is 2. The zero-order chi connectivity index (χ0) is 9.52. The van der Waals surface area contributed by atoms with E-state index in [1.807, 2.05) is 0 Å². The van der Waals surface area contributed by atoms with Crippen LogP contribution in [0.4, 0.5) is 0 Å². The van der Waals surface area contributed by atoms with E-state index in [1.165, 1.54) is 45.1 Å². The first kappa shape index (κ1) is 11.0. The molecule has 2 unspecified atom stereocenters. The minimum atomic E-state index is 0.461. The molecule has 13 heavy (non-hydrogen) atoms. The van der Waals surface area contributed by atoms with Crippen LogP contribution in [0.15, 0.2) is 0 Å². The van der Waals surface area contributed by atoms with E-state index in [4.69, 9.17) is 5.73 Å². The summed E-state index contributed by atoms with van der Waals surface area (Å²) < 4.78 is 0. The molecule has 1 saturated carbocycles. The molecule has 0 spiro atoms. The highest BCUT2D eigenvalue weighted by Gasteiger charge is 2.20. The van der Waals surface area contributed by atoms with Crippen LogP contribution in [-0.2, 0) is 0 Å². The van der Waals surface area contributed by atoms with Gasteiger partial charge in [-0.25, -0.2) is 0 Å². The summed E-state index contributed by atoms with van der Waals surface area (Å²) in [4.78, 5) is 0. The molecular weight excluding hydrogens is 160 g/mol. The second kappa shape index (κ2) is 6.39. The van der Waals surface area contributed by atoms with Gasteiger partial charge in [0.15, 0.2) is 0 Å². The first-order valence-electron chi connectivity index (χ1n) is 5.81. The number of rotatable bonds is 5. The summed E-state index contributed by atoms with van der Waals surface area (Å²) in [6.07, 6.45) is 7.87. The highest BCUT2D eigenvalue weighted by molar-refractivity contribution is 4.79. The maximum atomic E-state index is 6.05. The van der Waals surface area contributed by atoms with Crippen molar-refractivity contribution in [2.45, 2.75) is 51.5 Å². The van der Waals surface area contributed by atoms with Crippen LogP contribution in [0.2, 0.25) is 0 Å². The minimum Gasteiger partial charge on any atom is -0.327 e. The third-order valence-electron chi connectivity index (χ3n) is 3.08. The lowest BCUT2D eigenvalue weighted by molar-refractivity contribution is 0.296. The van der Waals surface area contributed by atoms with Crippen LogP contribution in [0.5, 0.6) is 0 Å². The Labute approximate surface area is 82.3 Å². The molecule has 3 N–H and O–H groups in total. The van der Waals surface area contributed by atoms with Crippen molar-refractivity contribution >= 4 is 0 Å². The van der Waals surface area contributed by atoms with Gasteiger partial charge >= 0.3 is 0 Å². The van der Waals surface area contributed by atoms with Crippen LogP contribution in [-0.4, -0.2) is 19.1 Å². The summed E-state index contributed by atoms with van der Waals surface area (Å²) in [5.41, 5.74) is 6.05. The fourth-order valence-corrected chi connectivity index (χ4v) is 2.08. The summed E-state index contributed by atoms with van der Waals surface area (Å²) in [5, 5.41) is 3.51. The second-order valence-electron chi connectivity index (χ2n) is 4.27. The van der Waals surface area contributed by atoms with Crippen molar-refractivity contribution in [2.75, 3.05) is 13.1 Å². The number of nitrogens with two attached hydrogens (primary N) is 1. The summed E-state index contributed by atoms with van der Waals surface area (Å²) in [6.45, 7) is 4.54. The Morgan fingerprint density at radius 2 is 2.08 bits per heavy atom. The third kappa shape index (κ3) is 4.10. The van der Waals surface area contributed by atoms with Gasteiger partial charge < -0.3 is 11.1 Å². The van der Waals surface area contributed by atoms with Gasteiger partial charge in [0, 0.05) is 6.04 Å². The molecular formula is C11H24N2. The lowest BCUT2D eigenvalue weighted by Gasteiger charge is -2.28. The molecule has 2 nitrogen and oxygen atoms in total. The van der Waals surface area contributed by atoms with Crippen LogP contribution in [0.1, 0.15) is 45.4 Å². The Hall–Kier alpha value is -0.0800. The maximum absolute atomic E-state index is 6.05. The summed E-state index contributed by atoms with van der Waals surface area (Å²) >= 11 is 0. The molecule has 78 valence electrons. The van der Waals surface area contributed by atoms with Crippen molar-refractivity contribution in [1.82, 2.24) is 5.32 Å². The van der Waals surface area contributed by atoms with Gasteiger partial charge in [-0.3, -0.25) is 0 Å². The average molecular weight is 184 g/mol. The Balaban J connectivity index is 2.05. The molecule has 1 rings (SSSR count). The second-order valence-corrected chi connectivity index (χ2v) is 4.27. The molecule has 0 saturated heterocycles. The molecule has 0 aromatic heterocycles. The van der Waals surface area contributed by atoms with Crippen molar-refractivity contribution in [3.8, 4) is 0 Å². The van der Waals surface area contributed by atoms with E-state index in [1.54, 1.807) is 0 Å². The monoisotopic (exact) mass is 184 g/mol. The van der Waals surface area contributed by atoms with Crippen LogP contribution in [0, 0.1) is 5.92 Å². The lowest BCUT2D eigenvalue weighted by atomic mass is 9.85. The first-order valence-corrected chi connectivity index (χ1v) is 5.81. The van der Waals surface area contributed by atoms with E-state index in [-0.39, 0.29) is 0 Å². The molecule has 1 aliphatic rings. The Bertz CT molecular complexity index is 125. The van der Waals surface area contributed by atoms with E-state index in [0.717, 1.165) is 12.5 Å². The van der Waals surface area contributed by atoms with Gasteiger partial charge in [-0.2, -0.15) is 0 Å². The number of nitrogens with one attached hydrogen (secondary N) is 1. The van der Waals surface area contributed by atoms with E-state index >= 15 is 0 Å². The van der Waals surface area contributed by atoms with E-state index < -0.39 is 0 Å². The number of hydrogen-bond acceptors (Lipinski definition) is 2. The average Bonchev–Trinajstić information content (AvgIpc) is 2.15. The Morgan fingerprint density at radius 3 is 2.77 bits per heavy atom. The fraction of sp³-hybridized carbons (Fsp3) is 1.00. The van der Waals surface area contributed by atoms with Crippen LogP contribution in [0.3, 0.4) is 0 Å². The molecule has 0 heterocycles. The van der Waals surface area contributed by atoms with Crippen LogP contribution in [0.25, 0.3) is 0 Å². The standard InChI is InChI=1S/C11H24N2/c1-2-3-8-13-9-10-6-4-5-7-11(10)12/h10-11,13H,2-9,12H2,1H3. The minimum absolute atomic E-state index is 0.461. The largest absolute Gasteiger partial charge is 0.327 e. The highest BCUT2D eigenvalue weighted by Crippen LogP contribution is 2.21. The third-order valence-corrected chi connectivity index (χ3v) is 3.08. The van der Waals surface area contributed by atoms with Crippen LogP contribution < -0.4 is 11.1 Å². The molecule has 1 aliphatic carbocycles. The molecule has 0 radical (unpaired) electrons. The van der Waals surface area contributed by atoms with Crippen molar-refractivity contribution in [2.24, 2.45) is 11.7 Å². The van der Waals surface area contributed by atoms with Gasteiger partial charge in [0.2, 0.25) is 0 Å². The van der Waals surface area contributed by atoms with Crippen LogP contribution >= 0.6 is 0 Å². The highest BCUT2D eigenvalue weighted by atomic mass is 14.9. The Kier molecular flexibility index (Phi) is 5.40. The SMILES string of the molecule is CCCCNCC1CCCCC1N. The van der Waals surface area contributed by atoms with E-state index in [9.17, 15) is 0 Å². The van der Waals surface area contributed by atoms with Crippen molar-refractivity contribution in [1.29, 1.82) is 0 Å². The van der Waals surface area contributed by atoms with Gasteiger partial charge in [-0.1, -0.05) is 26.2 Å². The maximum Gasteiger partial charge on any atom is 0.00792 e. The van der Waals surface area contributed by atoms with Gasteiger partial charge in [-0.15, -0.1) is 0 Å².